The Morgan fingerprint density at radius 3 is 2.70 bits per heavy atom. The molecule has 2 aromatic carbocycles. The number of nitrogens with zero attached hydrogens (tertiary/aromatic N) is 4. The maximum absolute atomic E-state index is 13.3. The molecule has 0 atom stereocenters. The monoisotopic (exact) mass is 367 g/mol. The Bertz CT molecular complexity index is 1060. The van der Waals surface area contributed by atoms with E-state index in [2.05, 4.69) is 15.5 Å². The number of rotatable bonds is 5. The highest BCUT2D eigenvalue weighted by Crippen LogP contribution is 2.11. The Morgan fingerprint density at radius 2 is 2.00 bits per heavy atom. The normalized spacial score (nSPS) is 11.1. The zero-order chi connectivity index (χ0) is 19.4. The first-order valence-corrected chi connectivity index (χ1v) is 8.18. The summed E-state index contributed by atoms with van der Waals surface area (Å²) in [5.74, 6) is -1.02. The van der Waals surface area contributed by atoms with Gasteiger partial charge >= 0.3 is 0 Å². The number of hydrazone groups is 1. The fraction of sp³-hybridized carbons (Fsp3) is 0.158. The first kappa shape index (κ1) is 18.2. The summed E-state index contributed by atoms with van der Waals surface area (Å²) in [4.78, 5) is 30.4. The van der Waals surface area contributed by atoms with Crippen molar-refractivity contribution >= 4 is 28.7 Å². The average molecular weight is 367 g/mol. The van der Waals surface area contributed by atoms with Crippen molar-refractivity contribution in [3.05, 3.63) is 70.5 Å². The molecule has 0 spiro atoms. The van der Waals surface area contributed by atoms with E-state index in [1.807, 2.05) is 43.3 Å². The molecule has 138 valence electrons. The molecule has 0 aliphatic rings. The van der Waals surface area contributed by atoms with Crippen molar-refractivity contribution < 1.29 is 9.18 Å². The van der Waals surface area contributed by atoms with Gasteiger partial charge < -0.3 is 4.90 Å². The molecule has 3 aromatic rings. The van der Waals surface area contributed by atoms with Gasteiger partial charge in [0.15, 0.2) is 0 Å². The van der Waals surface area contributed by atoms with Crippen LogP contribution in [-0.4, -0.2) is 35.8 Å². The molecule has 27 heavy (non-hydrogen) atoms. The predicted molar refractivity (Wildman–Crippen MR) is 102 cm³/mol. The summed E-state index contributed by atoms with van der Waals surface area (Å²) in [6.07, 6.45) is 2.76. The summed E-state index contributed by atoms with van der Waals surface area (Å²) in [5.41, 5.74) is 4.12. The highest BCUT2D eigenvalue weighted by molar-refractivity contribution is 5.83. The van der Waals surface area contributed by atoms with Crippen LogP contribution in [0.25, 0.3) is 10.9 Å². The van der Waals surface area contributed by atoms with Crippen LogP contribution in [0.5, 0.6) is 0 Å². The third-order valence-corrected chi connectivity index (χ3v) is 3.91. The van der Waals surface area contributed by atoms with Crippen LogP contribution in [0.3, 0.4) is 0 Å². The van der Waals surface area contributed by atoms with Gasteiger partial charge in [0.2, 0.25) is 0 Å². The van der Waals surface area contributed by atoms with Crippen LogP contribution < -0.4 is 15.9 Å². The molecule has 1 amide bonds. The molecule has 1 aromatic heterocycles. The minimum Gasteiger partial charge on any atom is -0.378 e. The Labute approximate surface area is 154 Å². The molecule has 0 radical (unpaired) electrons. The molecule has 1 N–H and O–H groups in total. The minimum absolute atomic E-state index is 0.120. The maximum atomic E-state index is 13.3. The van der Waals surface area contributed by atoms with Crippen LogP contribution >= 0.6 is 0 Å². The molecular weight excluding hydrogens is 349 g/mol. The topological polar surface area (TPSA) is 79.6 Å². The fourth-order valence-electron chi connectivity index (χ4n) is 2.47. The number of carbonyl (C=O) groups is 1. The molecule has 0 unspecified atom stereocenters. The number of benzene rings is 2. The third kappa shape index (κ3) is 4.35. The van der Waals surface area contributed by atoms with E-state index in [0.717, 1.165) is 21.9 Å². The smallest absolute Gasteiger partial charge is 0.261 e. The van der Waals surface area contributed by atoms with Gasteiger partial charge in [0.25, 0.3) is 11.5 Å². The largest absolute Gasteiger partial charge is 0.378 e. The van der Waals surface area contributed by atoms with Crippen LogP contribution in [0.15, 0.2) is 58.7 Å². The molecule has 7 nitrogen and oxygen atoms in total. The number of carbonyl (C=O) groups excluding carboxylic acids is 1. The molecule has 3 rings (SSSR count). The van der Waals surface area contributed by atoms with E-state index in [9.17, 15) is 14.0 Å². The lowest BCUT2D eigenvalue weighted by molar-refractivity contribution is -0.121. The molecule has 8 heteroatoms. The summed E-state index contributed by atoms with van der Waals surface area (Å²) < 4.78 is 14.4. The Morgan fingerprint density at radius 1 is 1.26 bits per heavy atom. The lowest BCUT2D eigenvalue weighted by Gasteiger charge is -2.11. The summed E-state index contributed by atoms with van der Waals surface area (Å²) in [7, 11) is 3.89. The van der Waals surface area contributed by atoms with E-state index < -0.39 is 17.3 Å². The molecule has 0 aliphatic carbocycles. The zero-order valence-corrected chi connectivity index (χ0v) is 14.9. The van der Waals surface area contributed by atoms with Gasteiger partial charge in [-0.05, 0) is 35.9 Å². The number of hydrogen-bond acceptors (Lipinski definition) is 5. The van der Waals surface area contributed by atoms with Crippen molar-refractivity contribution in [3.8, 4) is 0 Å². The number of fused-ring (bicyclic) bond motifs is 1. The van der Waals surface area contributed by atoms with Gasteiger partial charge in [-0.3, -0.25) is 14.2 Å². The highest BCUT2D eigenvalue weighted by Gasteiger charge is 2.08. The number of anilines is 1. The quantitative estimate of drug-likeness (QED) is 0.550. The lowest BCUT2D eigenvalue weighted by Crippen LogP contribution is -2.30. The van der Waals surface area contributed by atoms with E-state index >= 15 is 0 Å². The molecular formula is C19H18FN5O2. The SMILES string of the molecule is CN(C)c1ccc(/C=N/NC(=O)Cn2cnc3ccc(F)cc3c2=O)cc1. The average Bonchev–Trinajstić information content (AvgIpc) is 2.65. The van der Waals surface area contributed by atoms with Gasteiger partial charge in [0, 0.05) is 19.8 Å². The molecule has 0 saturated heterocycles. The minimum atomic E-state index is -0.534. The van der Waals surface area contributed by atoms with E-state index in [-0.39, 0.29) is 11.9 Å². The number of amides is 1. The number of nitrogens with one attached hydrogen (secondary N) is 1. The van der Waals surface area contributed by atoms with Crippen molar-refractivity contribution in [2.24, 2.45) is 5.10 Å². The Kier molecular flexibility index (Phi) is 5.25. The van der Waals surface area contributed by atoms with Gasteiger partial charge in [0.1, 0.15) is 12.4 Å². The predicted octanol–water partition coefficient (Wildman–Crippen LogP) is 1.75. The molecule has 0 fully saturated rings. The molecule has 0 saturated carbocycles. The van der Waals surface area contributed by atoms with Crippen LogP contribution in [0.1, 0.15) is 5.56 Å². The van der Waals surface area contributed by atoms with Crippen molar-refractivity contribution in [3.63, 3.8) is 0 Å². The van der Waals surface area contributed by atoms with Crippen molar-refractivity contribution in [1.29, 1.82) is 0 Å². The highest BCUT2D eigenvalue weighted by atomic mass is 19.1. The van der Waals surface area contributed by atoms with E-state index in [4.69, 9.17) is 0 Å². The third-order valence-electron chi connectivity index (χ3n) is 3.91. The van der Waals surface area contributed by atoms with Crippen molar-refractivity contribution in [2.75, 3.05) is 19.0 Å². The van der Waals surface area contributed by atoms with Crippen LogP contribution in [0.4, 0.5) is 10.1 Å². The standard InChI is InChI=1S/C19H18FN5O2/c1-24(2)15-6-3-13(4-7-15)10-22-23-18(26)11-25-12-21-17-8-5-14(20)9-16(17)19(25)27/h3-10,12H,11H2,1-2H3,(H,23,26)/b22-10+. The first-order chi connectivity index (χ1) is 12.9. The second-order valence-corrected chi connectivity index (χ2v) is 6.12. The second-order valence-electron chi connectivity index (χ2n) is 6.12. The summed E-state index contributed by atoms with van der Waals surface area (Å²) in [6, 6.07) is 11.4. The van der Waals surface area contributed by atoms with Crippen molar-refractivity contribution in [1.82, 2.24) is 15.0 Å². The summed E-state index contributed by atoms with van der Waals surface area (Å²) in [5, 5.41) is 4.00. The van der Waals surface area contributed by atoms with E-state index in [1.54, 1.807) is 0 Å². The van der Waals surface area contributed by atoms with Crippen LogP contribution in [0.2, 0.25) is 0 Å². The van der Waals surface area contributed by atoms with E-state index in [0.29, 0.717) is 5.52 Å². The van der Waals surface area contributed by atoms with Gasteiger partial charge in [-0.2, -0.15) is 5.10 Å². The van der Waals surface area contributed by atoms with Gasteiger partial charge in [-0.25, -0.2) is 14.8 Å². The number of halogens is 1. The van der Waals surface area contributed by atoms with Crippen LogP contribution in [0, 0.1) is 5.82 Å². The number of aromatic nitrogens is 2. The Hall–Kier alpha value is -3.55. The van der Waals surface area contributed by atoms with E-state index in [1.165, 1.54) is 24.7 Å². The molecule has 0 aliphatic heterocycles. The van der Waals surface area contributed by atoms with Gasteiger partial charge in [0.05, 0.1) is 23.4 Å². The summed E-state index contributed by atoms with van der Waals surface area (Å²) >= 11 is 0. The summed E-state index contributed by atoms with van der Waals surface area (Å²) in [6.45, 7) is -0.269. The number of hydrogen-bond donors (Lipinski definition) is 1. The second kappa shape index (κ2) is 7.77. The van der Waals surface area contributed by atoms with Crippen LogP contribution in [-0.2, 0) is 11.3 Å². The first-order valence-electron chi connectivity index (χ1n) is 8.18. The molecule has 0 bridgehead atoms. The van der Waals surface area contributed by atoms with Crippen molar-refractivity contribution in [2.45, 2.75) is 6.54 Å². The molecule has 1 heterocycles. The zero-order valence-electron chi connectivity index (χ0n) is 14.9. The van der Waals surface area contributed by atoms with Gasteiger partial charge in [-0.1, -0.05) is 12.1 Å². The Balaban J connectivity index is 1.66. The lowest BCUT2D eigenvalue weighted by atomic mass is 10.2. The maximum Gasteiger partial charge on any atom is 0.261 e. The van der Waals surface area contributed by atoms with Gasteiger partial charge in [-0.15, -0.1) is 0 Å². The fourth-order valence-corrected chi connectivity index (χ4v) is 2.47.